The average Bonchev–Trinajstić information content (AvgIpc) is 3.11. The molecule has 0 bridgehead atoms. The smallest absolute Gasteiger partial charge is 0.338 e. The summed E-state index contributed by atoms with van der Waals surface area (Å²) in [5, 5.41) is 6.11. The SMILES string of the molecule is Cc1cc(NC(=O)[C@H](C)OC(=O)c2cccc(S(=O)(=O)N3C[C@@H](C)O[C@H](C)C3)c2)no1. The predicted molar refractivity (Wildman–Crippen MR) is 110 cm³/mol. The highest BCUT2D eigenvalue weighted by molar-refractivity contribution is 7.89. The van der Waals surface area contributed by atoms with Crippen LogP contribution in [0.15, 0.2) is 39.8 Å². The Morgan fingerprint density at radius 3 is 2.52 bits per heavy atom. The summed E-state index contributed by atoms with van der Waals surface area (Å²) in [5.74, 6) is -0.698. The van der Waals surface area contributed by atoms with Crippen LogP contribution in [0, 0.1) is 6.92 Å². The number of nitrogens with zero attached hydrogens (tertiary/aromatic N) is 2. The molecule has 1 fully saturated rings. The van der Waals surface area contributed by atoms with Crippen molar-refractivity contribution < 1.29 is 32.0 Å². The topological polar surface area (TPSA) is 128 Å². The monoisotopic (exact) mass is 451 g/mol. The van der Waals surface area contributed by atoms with E-state index in [-0.39, 0.29) is 41.6 Å². The number of aryl methyl sites for hydroxylation is 1. The number of nitrogens with one attached hydrogen (secondary N) is 1. The standard InChI is InChI=1S/C20H25N3O7S/c1-12-8-18(22-30-12)21-19(24)15(4)29-20(25)16-6-5-7-17(9-16)31(26,27)23-10-13(2)28-14(3)11-23/h5-9,13-15H,10-11H2,1-4H3,(H,21,22,24)/t13-,14-,15+/m1/s1. The molecule has 3 atom stereocenters. The minimum absolute atomic E-state index is 0.0207. The van der Waals surface area contributed by atoms with Crippen LogP contribution in [0.1, 0.15) is 36.9 Å². The van der Waals surface area contributed by atoms with Gasteiger partial charge in [0.2, 0.25) is 10.0 Å². The molecule has 1 amide bonds. The first-order valence-corrected chi connectivity index (χ1v) is 11.2. The Bertz CT molecular complexity index is 1060. The van der Waals surface area contributed by atoms with Gasteiger partial charge in [-0.2, -0.15) is 4.31 Å². The Hall–Kier alpha value is -2.76. The van der Waals surface area contributed by atoms with Gasteiger partial charge in [-0.25, -0.2) is 13.2 Å². The fraction of sp³-hybridized carbons (Fsp3) is 0.450. The van der Waals surface area contributed by atoms with Crippen LogP contribution in [0.2, 0.25) is 0 Å². The van der Waals surface area contributed by atoms with Gasteiger partial charge in [-0.3, -0.25) is 4.79 Å². The molecular weight excluding hydrogens is 426 g/mol. The van der Waals surface area contributed by atoms with Crippen LogP contribution in [-0.2, 0) is 24.3 Å². The number of carbonyl (C=O) groups is 2. The molecule has 1 N–H and O–H groups in total. The third-order valence-electron chi connectivity index (χ3n) is 4.63. The molecule has 11 heteroatoms. The maximum absolute atomic E-state index is 13.0. The van der Waals surface area contributed by atoms with E-state index in [4.69, 9.17) is 14.0 Å². The van der Waals surface area contributed by atoms with Gasteiger partial charge < -0.3 is 19.3 Å². The van der Waals surface area contributed by atoms with Crippen molar-refractivity contribution in [3.8, 4) is 0 Å². The summed E-state index contributed by atoms with van der Waals surface area (Å²) in [6.45, 7) is 7.13. The van der Waals surface area contributed by atoms with Gasteiger partial charge in [0, 0.05) is 19.2 Å². The summed E-state index contributed by atoms with van der Waals surface area (Å²) in [6, 6.07) is 7.07. The molecule has 31 heavy (non-hydrogen) atoms. The predicted octanol–water partition coefficient (Wildman–Crippen LogP) is 1.96. The number of hydrogen-bond acceptors (Lipinski definition) is 8. The van der Waals surface area contributed by atoms with Gasteiger partial charge in [0.15, 0.2) is 11.9 Å². The normalized spacial score (nSPS) is 20.8. The van der Waals surface area contributed by atoms with E-state index in [0.717, 1.165) is 0 Å². The van der Waals surface area contributed by atoms with Gasteiger partial charge in [-0.05, 0) is 45.9 Å². The minimum Gasteiger partial charge on any atom is -0.449 e. The van der Waals surface area contributed by atoms with Gasteiger partial charge in [0.05, 0.1) is 22.7 Å². The highest BCUT2D eigenvalue weighted by atomic mass is 32.2. The molecule has 2 aromatic rings. The summed E-state index contributed by atoms with van der Waals surface area (Å²) in [4.78, 5) is 24.7. The Kier molecular flexibility index (Phi) is 6.77. The second-order valence-electron chi connectivity index (χ2n) is 7.47. The van der Waals surface area contributed by atoms with E-state index in [9.17, 15) is 18.0 Å². The summed E-state index contributed by atoms with van der Waals surface area (Å²) in [5.41, 5.74) is 0.0207. The second kappa shape index (κ2) is 9.16. The van der Waals surface area contributed by atoms with Crippen molar-refractivity contribution in [1.82, 2.24) is 9.46 Å². The van der Waals surface area contributed by atoms with E-state index in [1.807, 2.05) is 0 Å². The van der Waals surface area contributed by atoms with Crippen molar-refractivity contribution in [1.29, 1.82) is 0 Å². The zero-order valence-electron chi connectivity index (χ0n) is 17.7. The first-order chi connectivity index (χ1) is 14.6. The number of anilines is 1. The van der Waals surface area contributed by atoms with Crippen LogP contribution in [-0.4, -0.2) is 61.2 Å². The number of carbonyl (C=O) groups excluding carboxylic acids is 2. The Morgan fingerprint density at radius 2 is 1.90 bits per heavy atom. The van der Waals surface area contributed by atoms with Crippen LogP contribution in [0.3, 0.4) is 0 Å². The lowest BCUT2D eigenvalue weighted by Gasteiger charge is -2.34. The van der Waals surface area contributed by atoms with E-state index in [1.54, 1.807) is 20.8 Å². The quantitative estimate of drug-likeness (QED) is 0.660. The molecular formula is C20H25N3O7S. The molecule has 0 saturated carbocycles. The fourth-order valence-corrected chi connectivity index (χ4v) is 4.83. The van der Waals surface area contributed by atoms with Gasteiger partial charge in [0.25, 0.3) is 5.91 Å². The molecule has 0 aliphatic carbocycles. The molecule has 2 heterocycles. The molecule has 1 saturated heterocycles. The van der Waals surface area contributed by atoms with Crippen molar-refractivity contribution in [2.75, 3.05) is 18.4 Å². The van der Waals surface area contributed by atoms with Crippen LogP contribution < -0.4 is 5.32 Å². The van der Waals surface area contributed by atoms with Crippen molar-refractivity contribution in [2.45, 2.75) is 50.9 Å². The Labute approximate surface area is 180 Å². The lowest BCUT2D eigenvalue weighted by atomic mass is 10.2. The third-order valence-corrected chi connectivity index (χ3v) is 6.45. The molecule has 10 nitrogen and oxygen atoms in total. The zero-order chi connectivity index (χ0) is 22.8. The van der Waals surface area contributed by atoms with Crippen molar-refractivity contribution >= 4 is 27.7 Å². The first kappa shape index (κ1) is 22.9. The number of amides is 1. The molecule has 168 valence electrons. The lowest BCUT2D eigenvalue weighted by Crippen LogP contribution is -2.48. The van der Waals surface area contributed by atoms with E-state index in [2.05, 4.69) is 10.5 Å². The number of benzene rings is 1. The van der Waals surface area contributed by atoms with Crippen LogP contribution >= 0.6 is 0 Å². The van der Waals surface area contributed by atoms with Crippen LogP contribution in [0.4, 0.5) is 5.82 Å². The number of ether oxygens (including phenoxy) is 2. The summed E-state index contributed by atoms with van der Waals surface area (Å²) >= 11 is 0. The molecule has 1 aromatic heterocycles. The average molecular weight is 452 g/mol. The van der Waals surface area contributed by atoms with Crippen molar-refractivity contribution in [2.24, 2.45) is 0 Å². The highest BCUT2D eigenvalue weighted by Crippen LogP contribution is 2.22. The highest BCUT2D eigenvalue weighted by Gasteiger charge is 2.32. The number of hydrogen-bond donors (Lipinski definition) is 1. The molecule has 1 aromatic carbocycles. The van der Waals surface area contributed by atoms with Crippen molar-refractivity contribution in [3.05, 3.63) is 41.7 Å². The van der Waals surface area contributed by atoms with Gasteiger partial charge in [-0.15, -0.1) is 0 Å². The molecule has 1 aliphatic rings. The lowest BCUT2D eigenvalue weighted by molar-refractivity contribution is -0.123. The van der Waals surface area contributed by atoms with E-state index in [1.165, 1.54) is 41.6 Å². The second-order valence-corrected chi connectivity index (χ2v) is 9.40. The third kappa shape index (κ3) is 5.49. The van der Waals surface area contributed by atoms with Gasteiger partial charge in [0.1, 0.15) is 5.76 Å². The Morgan fingerprint density at radius 1 is 1.23 bits per heavy atom. The number of morpholine rings is 1. The number of rotatable bonds is 6. The van der Waals surface area contributed by atoms with Crippen LogP contribution in [0.5, 0.6) is 0 Å². The molecule has 1 aliphatic heterocycles. The molecule has 0 radical (unpaired) electrons. The van der Waals surface area contributed by atoms with Gasteiger partial charge >= 0.3 is 5.97 Å². The van der Waals surface area contributed by atoms with Crippen LogP contribution in [0.25, 0.3) is 0 Å². The maximum atomic E-state index is 13.0. The molecule has 0 spiro atoms. The minimum atomic E-state index is -3.82. The number of sulfonamides is 1. The zero-order valence-corrected chi connectivity index (χ0v) is 18.5. The number of aromatic nitrogens is 1. The van der Waals surface area contributed by atoms with Crippen molar-refractivity contribution in [3.63, 3.8) is 0 Å². The summed E-state index contributed by atoms with van der Waals surface area (Å²) < 4.78 is 43.0. The number of esters is 1. The Balaban J connectivity index is 1.70. The van der Waals surface area contributed by atoms with E-state index in [0.29, 0.717) is 5.76 Å². The largest absolute Gasteiger partial charge is 0.449 e. The van der Waals surface area contributed by atoms with E-state index >= 15 is 0 Å². The maximum Gasteiger partial charge on any atom is 0.338 e. The molecule has 0 unspecified atom stereocenters. The fourth-order valence-electron chi connectivity index (χ4n) is 3.19. The first-order valence-electron chi connectivity index (χ1n) is 9.77. The van der Waals surface area contributed by atoms with Gasteiger partial charge in [-0.1, -0.05) is 11.2 Å². The van der Waals surface area contributed by atoms with E-state index < -0.39 is 28.0 Å². The summed E-state index contributed by atoms with van der Waals surface area (Å²) in [7, 11) is -3.82. The summed E-state index contributed by atoms with van der Waals surface area (Å²) in [6.07, 6.45) is -1.61. The molecule has 3 rings (SSSR count).